The first-order valence-electron chi connectivity index (χ1n) is 9.16. The topological polar surface area (TPSA) is 49.0 Å². The molecule has 0 radical (unpaired) electrons. The monoisotopic (exact) mass is 389 g/mol. The van der Waals surface area contributed by atoms with Crippen molar-refractivity contribution in [2.24, 2.45) is 0 Å². The van der Waals surface area contributed by atoms with Gasteiger partial charge in [-0.05, 0) is 37.1 Å². The highest BCUT2D eigenvalue weighted by molar-refractivity contribution is 5.77. The Balaban J connectivity index is 1.94. The summed E-state index contributed by atoms with van der Waals surface area (Å²) in [7, 11) is 0. The van der Waals surface area contributed by atoms with E-state index >= 15 is 0 Å². The molecule has 0 spiro atoms. The van der Waals surface area contributed by atoms with Crippen LogP contribution in [0.3, 0.4) is 0 Å². The van der Waals surface area contributed by atoms with E-state index in [9.17, 15) is 18.0 Å². The molecule has 0 aliphatic rings. The minimum atomic E-state index is -4.41. The highest BCUT2D eigenvalue weighted by atomic mass is 19.4. The molecule has 0 amide bonds. The van der Waals surface area contributed by atoms with Gasteiger partial charge in [-0.15, -0.1) is 0 Å². The lowest BCUT2D eigenvalue weighted by molar-refractivity contribution is -0.138. The van der Waals surface area contributed by atoms with Crippen molar-refractivity contribution in [2.45, 2.75) is 45.6 Å². The van der Waals surface area contributed by atoms with Crippen molar-refractivity contribution in [3.05, 3.63) is 75.8 Å². The van der Waals surface area contributed by atoms with Crippen LogP contribution in [0.2, 0.25) is 0 Å². The van der Waals surface area contributed by atoms with Gasteiger partial charge in [0.05, 0.1) is 23.0 Å². The number of rotatable bonds is 6. The molecular formula is C21H22F3N3O. The van der Waals surface area contributed by atoms with Gasteiger partial charge in [-0.2, -0.15) is 13.2 Å². The first-order chi connectivity index (χ1) is 13.3. The van der Waals surface area contributed by atoms with Crippen molar-refractivity contribution in [1.29, 1.82) is 0 Å². The molecule has 2 aromatic carbocycles. The lowest BCUT2D eigenvalue weighted by Crippen LogP contribution is -2.33. The van der Waals surface area contributed by atoms with Crippen LogP contribution < -0.4 is 5.56 Å². The fraction of sp³-hybridized carbons (Fsp3) is 0.333. The maximum atomic E-state index is 13.4. The lowest BCUT2D eigenvalue weighted by Gasteiger charge is -2.29. The standard InChI is InChI=1S/C21H22F3N3O/c1-3-14(2)27(12-15-8-4-6-10-17(15)21(22,23)24)13-19-25-18-11-7-5-9-16(18)20(28)26-19/h4-11,14H,3,12-13H2,1-2H3,(H,25,26,28). The van der Waals surface area contributed by atoms with Crippen LogP contribution in [0.4, 0.5) is 13.2 Å². The van der Waals surface area contributed by atoms with E-state index in [1.165, 1.54) is 12.1 Å². The first-order valence-corrected chi connectivity index (χ1v) is 9.16. The molecule has 3 aromatic rings. The maximum absolute atomic E-state index is 13.4. The fourth-order valence-electron chi connectivity index (χ4n) is 3.18. The average Bonchev–Trinajstić information content (AvgIpc) is 2.66. The number of nitrogens with zero attached hydrogens (tertiary/aromatic N) is 2. The summed E-state index contributed by atoms with van der Waals surface area (Å²) in [5.74, 6) is 0.438. The summed E-state index contributed by atoms with van der Waals surface area (Å²) >= 11 is 0. The molecule has 3 rings (SSSR count). The van der Waals surface area contributed by atoms with Gasteiger partial charge < -0.3 is 4.98 Å². The molecular weight excluding hydrogens is 367 g/mol. The predicted octanol–water partition coefficient (Wildman–Crippen LogP) is 4.74. The van der Waals surface area contributed by atoms with E-state index in [2.05, 4.69) is 9.97 Å². The van der Waals surface area contributed by atoms with E-state index in [1.54, 1.807) is 30.3 Å². The lowest BCUT2D eigenvalue weighted by atomic mass is 10.1. The number of aromatic amines is 1. The van der Waals surface area contributed by atoms with E-state index < -0.39 is 11.7 Å². The van der Waals surface area contributed by atoms with Crippen LogP contribution in [0, 0.1) is 0 Å². The summed E-state index contributed by atoms with van der Waals surface area (Å²) in [6.07, 6.45) is -3.65. The number of hydrogen-bond acceptors (Lipinski definition) is 3. The van der Waals surface area contributed by atoms with Gasteiger partial charge in [0.15, 0.2) is 0 Å². The van der Waals surface area contributed by atoms with Gasteiger partial charge in [0.25, 0.3) is 5.56 Å². The van der Waals surface area contributed by atoms with Crippen LogP contribution in [0.1, 0.15) is 37.2 Å². The second-order valence-corrected chi connectivity index (χ2v) is 6.85. The van der Waals surface area contributed by atoms with Crippen molar-refractivity contribution >= 4 is 10.9 Å². The van der Waals surface area contributed by atoms with Crippen LogP contribution in [0.5, 0.6) is 0 Å². The zero-order chi connectivity index (χ0) is 20.3. The van der Waals surface area contributed by atoms with Gasteiger partial charge in [0.1, 0.15) is 5.82 Å². The molecule has 1 heterocycles. The van der Waals surface area contributed by atoms with Crippen LogP contribution >= 0.6 is 0 Å². The zero-order valence-corrected chi connectivity index (χ0v) is 15.8. The minimum Gasteiger partial charge on any atom is -0.309 e. The maximum Gasteiger partial charge on any atom is 0.416 e. The van der Waals surface area contributed by atoms with Crippen LogP contribution in [0.25, 0.3) is 10.9 Å². The van der Waals surface area contributed by atoms with Crippen LogP contribution in [0.15, 0.2) is 53.3 Å². The van der Waals surface area contributed by atoms with Gasteiger partial charge in [-0.25, -0.2) is 4.98 Å². The Bertz CT molecular complexity index is 1010. The summed E-state index contributed by atoms with van der Waals surface area (Å²) in [5, 5.41) is 0.490. The molecule has 7 heteroatoms. The number of fused-ring (bicyclic) bond motifs is 1. The van der Waals surface area contributed by atoms with E-state index in [-0.39, 0.29) is 30.3 Å². The Morgan fingerprint density at radius 2 is 1.75 bits per heavy atom. The molecule has 0 bridgehead atoms. The third-order valence-electron chi connectivity index (χ3n) is 4.93. The van der Waals surface area contributed by atoms with Crippen molar-refractivity contribution in [3.8, 4) is 0 Å². The summed E-state index contributed by atoms with van der Waals surface area (Å²) in [6, 6.07) is 12.6. The van der Waals surface area contributed by atoms with Crippen LogP contribution in [-0.2, 0) is 19.3 Å². The summed E-state index contributed by atoms with van der Waals surface area (Å²) in [5.41, 5.74) is -0.108. The number of aromatic nitrogens is 2. The average molecular weight is 389 g/mol. The number of alkyl halides is 3. The second kappa shape index (κ2) is 8.14. The van der Waals surface area contributed by atoms with Gasteiger partial charge in [0, 0.05) is 12.6 Å². The van der Waals surface area contributed by atoms with Gasteiger partial charge in [-0.1, -0.05) is 37.3 Å². The first kappa shape index (κ1) is 20.1. The number of halogens is 3. The van der Waals surface area contributed by atoms with Gasteiger partial charge in [-0.3, -0.25) is 9.69 Å². The third-order valence-corrected chi connectivity index (χ3v) is 4.93. The fourth-order valence-corrected chi connectivity index (χ4v) is 3.18. The predicted molar refractivity (Wildman–Crippen MR) is 103 cm³/mol. The minimum absolute atomic E-state index is 0.0121. The number of para-hydroxylation sites is 1. The van der Waals surface area contributed by atoms with Crippen molar-refractivity contribution in [1.82, 2.24) is 14.9 Å². The Morgan fingerprint density at radius 1 is 1.07 bits per heavy atom. The van der Waals surface area contributed by atoms with E-state index in [1.807, 2.05) is 18.7 Å². The van der Waals surface area contributed by atoms with E-state index in [4.69, 9.17) is 0 Å². The quantitative estimate of drug-likeness (QED) is 0.662. The number of benzene rings is 2. The molecule has 0 fully saturated rings. The molecule has 0 saturated heterocycles. The zero-order valence-electron chi connectivity index (χ0n) is 15.8. The molecule has 1 atom stereocenters. The Morgan fingerprint density at radius 3 is 2.46 bits per heavy atom. The third kappa shape index (κ3) is 4.42. The van der Waals surface area contributed by atoms with Gasteiger partial charge >= 0.3 is 6.18 Å². The van der Waals surface area contributed by atoms with Crippen molar-refractivity contribution in [2.75, 3.05) is 0 Å². The summed E-state index contributed by atoms with van der Waals surface area (Å²) in [6.45, 7) is 4.29. The normalized spacial score (nSPS) is 13.2. The van der Waals surface area contributed by atoms with Gasteiger partial charge in [0.2, 0.25) is 0 Å². The number of H-pyrrole nitrogens is 1. The molecule has 4 nitrogen and oxygen atoms in total. The molecule has 1 aromatic heterocycles. The molecule has 1 N–H and O–H groups in total. The molecule has 0 saturated carbocycles. The molecule has 0 aliphatic heterocycles. The summed E-state index contributed by atoms with van der Waals surface area (Å²) < 4.78 is 40.1. The van der Waals surface area contributed by atoms with E-state index in [0.29, 0.717) is 16.7 Å². The number of nitrogens with one attached hydrogen (secondary N) is 1. The molecule has 28 heavy (non-hydrogen) atoms. The number of hydrogen-bond donors (Lipinski definition) is 1. The van der Waals surface area contributed by atoms with Crippen molar-refractivity contribution < 1.29 is 13.2 Å². The summed E-state index contributed by atoms with van der Waals surface area (Å²) in [4.78, 5) is 21.4. The highest BCUT2D eigenvalue weighted by Crippen LogP contribution is 2.32. The highest BCUT2D eigenvalue weighted by Gasteiger charge is 2.33. The Labute approximate surface area is 161 Å². The molecule has 148 valence electrons. The Hall–Kier alpha value is -2.67. The largest absolute Gasteiger partial charge is 0.416 e. The van der Waals surface area contributed by atoms with Crippen LogP contribution in [-0.4, -0.2) is 20.9 Å². The smallest absolute Gasteiger partial charge is 0.309 e. The second-order valence-electron chi connectivity index (χ2n) is 6.85. The van der Waals surface area contributed by atoms with E-state index in [0.717, 1.165) is 12.5 Å². The SMILES string of the molecule is CCC(C)N(Cc1nc2ccccc2c(=O)[nH]1)Cc1ccccc1C(F)(F)F. The Kier molecular flexibility index (Phi) is 5.84. The molecule has 0 aliphatic carbocycles. The molecule has 1 unspecified atom stereocenters. The van der Waals surface area contributed by atoms with Crippen molar-refractivity contribution in [3.63, 3.8) is 0 Å².